The molecule has 17 heteroatoms. The van der Waals surface area contributed by atoms with Crippen LogP contribution in [0.3, 0.4) is 0 Å². The van der Waals surface area contributed by atoms with Crippen LogP contribution >= 0.6 is 0 Å². The molecule has 2 heterocycles. The minimum Gasteiger partial charge on any atom is -0.363 e. The van der Waals surface area contributed by atoms with E-state index >= 15 is 4.79 Å². The first-order valence-corrected chi connectivity index (χ1v) is 22.1. The van der Waals surface area contributed by atoms with E-state index in [1.807, 2.05) is 52.0 Å². The average Bonchev–Trinajstić information content (AvgIpc) is 3.87. The van der Waals surface area contributed by atoms with E-state index in [1.165, 1.54) is 17.5 Å². The summed E-state index contributed by atoms with van der Waals surface area (Å²) in [7, 11) is -2.12. The number of nitrogens with zero attached hydrogens (tertiary/aromatic N) is 3. The van der Waals surface area contributed by atoms with Gasteiger partial charge in [-0.3, -0.25) is 19.2 Å². The molecule has 1 saturated heterocycles. The zero-order valence-corrected chi connectivity index (χ0v) is 35.1. The summed E-state index contributed by atoms with van der Waals surface area (Å²) in [5.74, 6) is -3.08. The largest absolute Gasteiger partial charge is 0.363 e. The molecule has 6 N–H and O–H groups in total. The number of rotatable bonds is 14. The summed E-state index contributed by atoms with van der Waals surface area (Å²) in [5, 5.41) is 11.7. The van der Waals surface area contributed by atoms with E-state index < -0.39 is 80.6 Å². The topological polar surface area (TPSA) is 220 Å². The number of sulfonamides is 1. The zero-order valence-electron chi connectivity index (χ0n) is 34.3. The molecule has 3 fully saturated rings. The van der Waals surface area contributed by atoms with Crippen molar-refractivity contribution in [3.05, 3.63) is 35.4 Å². The fraction of sp³-hybridized carbons (Fsp3) is 0.700. The lowest BCUT2D eigenvalue weighted by Crippen LogP contribution is -2.63. The molecule has 0 spiro atoms. The summed E-state index contributed by atoms with van der Waals surface area (Å²) in [6.07, 6.45) is 7.65. The van der Waals surface area contributed by atoms with Gasteiger partial charge in [0.15, 0.2) is 0 Å². The highest BCUT2D eigenvalue weighted by molar-refractivity contribution is 7.88. The molecule has 316 valence electrons. The van der Waals surface area contributed by atoms with Crippen LogP contribution in [0.2, 0.25) is 0 Å². The number of urea groups is 2. The standard InChI is InChI=1S/C40H62N8O8S/c1-39(2,3)31(24-46(5)57(6,55)56)44-37(53)45-33(40(4)17-10-7-11-18-40)36(52)48-23-28(42-38(54)47-19-16-26-12-8-9-13-27(26)22-47)21-30(48)35(51)43-29(20-25-14-15-25)32(49)34(41)50/h8-9,12-13,25,28-31,33H,7,10-11,14-24H2,1-6H3,(H2,41,50)(H,42,54)(H,43,51)(H2,44,45,53)/t28-,29?,30+,31-,33-/m1/s1. The van der Waals surface area contributed by atoms with Crippen LogP contribution < -0.4 is 27.0 Å². The third kappa shape index (κ3) is 11.2. The number of hydrogen-bond donors (Lipinski definition) is 5. The van der Waals surface area contributed by atoms with Gasteiger partial charge in [-0.2, -0.15) is 0 Å². The number of benzene rings is 1. The summed E-state index contributed by atoms with van der Waals surface area (Å²) in [4.78, 5) is 84.9. The number of hydrogen-bond acceptors (Lipinski definition) is 8. The molecule has 1 aromatic carbocycles. The molecule has 16 nitrogen and oxygen atoms in total. The van der Waals surface area contributed by atoms with Gasteiger partial charge in [0, 0.05) is 39.3 Å². The maximum absolute atomic E-state index is 15.0. The van der Waals surface area contributed by atoms with Gasteiger partial charge in [0.1, 0.15) is 12.1 Å². The van der Waals surface area contributed by atoms with E-state index in [-0.39, 0.29) is 37.9 Å². The van der Waals surface area contributed by atoms with E-state index in [9.17, 15) is 32.4 Å². The Labute approximate surface area is 336 Å². The van der Waals surface area contributed by atoms with Gasteiger partial charge in [0.25, 0.3) is 5.91 Å². The average molecular weight is 815 g/mol. The smallest absolute Gasteiger partial charge is 0.317 e. The maximum Gasteiger partial charge on any atom is 0.317 e. The van der Waals surface area contributed by atoms with E-state index in [0.29, 0.717) is 32.4 Å². The number of Topliss-reactive ketones (excluding diaryl/α,β-unsaturated/α-hetero) is 1. The quantitative estimate of drug-likeness (QED) is 0.175. The lowest BCUT2D eigenvalue weighted by Gasteiger charge is -2.43. The lowest BCUT2D eigenvalue weighted by molar-refractivity contribution is -0.144. The Morgan fingerprint density at radius 1 is 0.982 bits per heavy atom. The van der Waals surface area contributed by atoms with Crippen LogP contribution in [0.15, 0.2) is 24.3 Å². The monoisotopic (exact) mass is 814 g/mol. The first kappa shape index (κ1) is 43.9. The number of ketones is 1. The van der Waals surface area contributed by atoms with Crippen LogP contribution in [-0.2, 0) is 42.2 Å². The maximum atomic E-state index is 15.0. The SMILES string of the molecule is CN(C[C@@H](NC(=O)N[C@H](C(=O)N1C[C@H](NC(=O)N2CCc3ccccc3C2)C[C@H]1C(=O)NC(CC1CC1)C(=O)C(N)=O)C1(C)CCCCC1)C(C)(C)C)S(C)(=O)=O. The highest BCUT2D eigenvalue weighted by Gasteiger charge is 2.49. The normalized spacial score (nSPS) is 22.4. The predicted molar refractivity (Wildman–Crippen MR) is 214 cm³/mol. The van der Waals surface area contributed by atoms with Gasteiger partial charge in [-0.1, -0.05) is 84.1 Å². The van der Waals surface area contributed by atoms with Gasteiger partial charge >= 0.3 is 12.1 Å². The van der Waals surface area contributed by atoms with E-state index in [2.05, 4.69) is 21.3 Å². The summed E-state index contributed by atoms with van der Waals surface area (Å²) in [6.45, 7) is 8.45. The third-order valence-corrected chi connectivity index (χ3v) is 13.6. The van der Waals surface area contributed by atoms with Crippen molar-refractivity contribution in [2.45, 2.75) is 129 Å². The van der Waals surface area contributed by atoms with Gasteiger partial charge in [-0.15, -0.1) is 0 Å². The molecule has 1 aromatic rings. The van der Waals surface area contributed by atoms with Crippen molar-refractivity contribution in [1.29, 1.82) is 0 Å². The number of likely N-dealkylation sites (tertiary alicyclic amines) is 1. The Kier molecular flexibility index (Phi) is 13.6. The number of primary amides is 1. The first-order chi connectivity index (χ1) is 26.7. The fourth-order valence-electron chi connectivity index (χ4n) is 8.33. The number of amides is 7. The van der Waals surface area contributed by atoms with Crippen molar-refractivity contribution >= 4 is 45.6 Å². The Balaban J connectivity index is 1.41. The summed E-state index contributed by atoms with van der Waals surface area (Å²) in [6, 6.07) is 2.26. The molecule has 2 saturated carbocycles. The van der Waals surface area contributed by atoms with Gasteiger partial charge in [-0.05, 0) is 60.0 Å². The summed E-state index contributed by atoms with van der Waals surface area (Å²) < 4.78 is 25.8. The lowest BCUT2D eigenvalue weighted by atomic mass is 9.70. The Morgan fingerprint density at radius 2 is 1.63 bits per heavy atom. The van der Waals surface area contributed by atoms with Crippen molar-refractivity contribution in [1.82, 2.24) is 35.4 Å². The number of likely N-dealkylation sites (N-methyl/N-ethyl adjacent to an activating group) is 1. The number of nitrogens with two attached hydrogens (primary N) is 1. The summed E-state index contributed by atoms with van der Waals surface area (Å²) in [5.41, 5.74) is 6.33. The molecule has 57 heavy (non-hydrogen) atoms. The first-order valence-electron chi connectivity index (χ1n) is 20.2. The van der Waals surface area contributed by atoms with Crippen LogP contribution in [0.5, 0.6) is 0 Å². The summed E-state index contributed by atoms with van der Waals surface area (Å²) >= 11 is 0. The molecule has 1 unspecified atom stereocenters. The van der Waals surface area contributed by atoms with Crippen molar-refractivity contribution in [3.63, 3.8) is 0 Å². The van der Waals surface area contributed by atoms with Gasteiger partial charge in [-0.25, -0.2) is 22.3 Å². The van der Waals surface area contributed by atoms with Gasteiger partial charge in [0.05, 0.1) is 18.3 Å². The molecule has 2 aliphatic carbocycles. The molecule has 4 aliphatic rings. The number of fused-ring (bicyclic) bond motifs is 1. The van der Waals surface area contributed by atoms with Crippen LogP contribution in [0.1, 0.15) is 96.6 Å². The zero-order chi connectivity index (χ0) is 41.9. The van der Waals surface area contributed by atoms with Crippen LogP contribution in [0.4, 0.5) is 9.59 Å². The number of carbonyl (C=O) groups is 6. The van der Waals surface area contributed by atoms with Crippen molar-refractivity contribution in [3.8, 4) is 0 Å². The van der Waals surface area contributed by atoms with E-state index in [1.54, 1.807) is 4.90 Å². The molecule has 0 bridgehead atoms. The van der Waals surface area contributed by atoms with Crippen molar-refractivity contribution in [2.75, 3.05) is 32.9 Å². The van der Waals surface area contributed by atoms with Crippen molar-refractivity contribution < 1.29 is 37.2 Å². The van der Waals surface area contributed by atoms with Crippen LogP contribution in [-0.4, -0.2) is 121 Å². The second-order valence-corrected chi connectivity index (χ2v) is 20.1. The number of carbonyl (C=O) groups excluding carboxylic acids is 6. The molecule has 5 atom stereocenters. The Morgan fingerprint density at radius 3 is 2.23 bits per heavy atom. The fourth-order valence-corrected chi connectivity index (χ4v) is 8.75. The highest BCUT2D eigenvalue weighted by Crippen LogP contribution is 2.40. The highest BCUT2D eigenvalue weighted by atomic mass is 32.2. The third-order valence-electron chi connectivity index (χ3n) is 12.3. The van der Waals surface area contributed by atoms with E-state index in [0.717, 1.165) is 48.2 Å². The molecular formula is C40H62N8O8S. The minimum atomic E-state index is -3.56. The molecular weight excluding hydrogens is 753 g/mol. The van der Waals surface area contributed by atoms with Crippen LogP contribution in [0, 0.1) is 16.7 Å². The van der Waals surface area contributed by atoms with Gasteiger partial charge in [0.2, 0.25) is 27.6 Å². The predicted octanol–water partition coefficient (Wildman–Crippen LogP) is 2.01. The van der Waals surface area contributed by atoms with Crippen LogP contribution in [0.25, 0.3) is 0 Å². The second-order valence-electron chi connectivity index (χ2n) is 18.0. The molecule has 0 aromatic heterocycles. The molecule has 7 amide bonds. The van der Waals surface area contributed by atoms with E-state index in [4.69, 9.17) is 5.73 Å². The molecule has 2 aliphatic heterocycles. The second kappa shape index (κ2) is 17.7. The molecule has 5 rings (SSSR count). The Bertz CT molecular complexity index is 1810. The van der Waals surface area contributed by atoms with Gasteiger partial charge < -0.3 is 36.8 Å². The Hall–Kier alpha value is -4.25. The van der Waals surface area contributed by atoms with Crippen molar-refractivity contribution in [2.24, 2.45) is 22.5 Å². The molecule has 0 radical (unpaired) electrons. The number of nitrogens with one attached hydrogen (secondary N) is 4. The minimum absolute atomic E-state index is 0.00394.